The fourth-order valence-corrected chi connectivity index (χ4v) is 3.00. The van der Waals surface area contributed by atoms with Gasteiger partial charge in [0.05, 0.1) is 6.54 Å². The zero-order valence-electron chi connectivity index (χ0n) is 12.3. The molecule has 0 unspecified atom stereocenters. The van der Waals surface area contributed by atoms with E-state index in [0.717, 1.165) is 22.4 Å². The van der Waals surface area contributed by atoms with Crippen molar-refractivity contribution in [1.29, 1.82) is 0 Å². The molecule has 1 fully saturated rings. The molecule has 0 saturated heterocycles. The zero-order chi connectivity index (χ0) is 14.7. The van der Waals surface area contributed by atoms with Crippen LogP contribution in [0.15, 0.2) is 24.3 Å². The van der Waals surface area contributed by atoms with E-state index in [0.29, 0.717) is 12.5 Å². The fourth-order valence-electron chi connectivity index (χ4n) is 2.87. The predicted molar refractivity (Wildman–Crippen MR) is 85.6 cm³/mol. The number of halogens is 1. The summed E-state index contributed by atoms with van der Waals surface area (Å²) in [6.07, 6.45) is 6.43. The van der Waals surface area contributed by atoms with E-state index in [1.165, 1.54) is 32.1 Å². The Morgan fingerprint density at radius 2 is 1.90 bits per heavy atom. The number of nitrogens with one attached hydrogen (secondary N) is 1. The first-order chi connectivity index (χ1) is 10.2. The van der Waals surface area contributed by atoms with E-state index in [4.69, 9.17) is 16.6 Å². The van der Waals surface area contributed by atoms with Crippen LogP contribution in [0.1, 0.15) is 49.7 Å². The summed E-state index contributed by atoms with van der Waals surface area (Å²) in [5.74, 6) is 2.55. The second-order valence-corrected chi connectivity index (χ2v) is 6.14. The van der Waals surface area contributed by atoms with Crippen LogP contribution < -0.4 is 5.32 Å². The van der Waals surface area contributed by atoms with E-state index in [1.54, 1.807) is 0 Å². The number of hydrogen-bond acceptors (Lipinski definition) is 3. The molecule has 5 heteroatoms. The van der Waals surface area contributed by atoms with Crippen LogP contribution in [0.2, 0.25) is 5.02 Å². The molecule has 21 heavy (non-hydrogen) atoms. The van der Waals surface area contributed by atoms with Gasteiger partial charge in [-0.05, 0) is 37.1 Å². The third-order valence-corrected chi connectivity index (χ3v) is 4.39. The average Bonchev–Trinajstić information content (AvgIpc) is 2.89. The number of hydrogen-bond donors (Lipinski definition) is 1. The minimum atomic E-state index is 0.550. The molecule has 0 bridgehead atoms. The topological polar surface area (TPSA) is 42.7 Å². The maximum Gasteiger partial charge on any atom is 0.154 e. The Morgan fingerprint density at radius 1 is 1.19 bits per heavy atom. The molecule has 1 N–H and O–H groups in total. The molecule has 1 aromatic heterocycles. The van der Waals surface area contributed by atoms with Gasteiger partial charge in [0.2, 0.25) is 0 Å². The number of rotatable bonds is 4. The Labute approximate surface area is 130 Å². The van der Waals surface area contributed by atoms with Crippen molar-refractivity contribution in [2.24, 2.45) is 7.05 Å². The van der Waals surface area contributed by atoms with Crippen LogP contribution in [0, 0.1) is 0 Å². The fraction of sp³-hybridized carbons (Fsp3) is 0.500. The zero-order valence-corrected chi connectivity index (χ0v) is 13.1. The molecular weight excluding hydrogens is 284 g/mol. The highest BCUT2D eigenvalue weighted by Crippen LogP contribution is 2.30. The van der Waals surface area contributed by atoms with E-state index in [2.05, 4.69) is 10.4 Å². The van der Waals surface area contributed by atoms with E-state index in [1.807, 2.05) is 36.0 Å². The Balaban J connectivity index is 1.65. The molecule has 1 saturated carbocycles. The molecular formula is C16H21ClN4. The highest BCUT2D eigenvalue weighted by molar-refractivity contribution is 6.30. The molecule has 0 aliphatic heterocycles. The van der Waals surface area contributed by atoms with E-state index in [-0.39, 0.29) is 0 Å². The van der Waals surface area contributed by atoms with E-state index < -0.39 is 0 Å². The summed E-state index contributed by atoms with van der Waals surface area (Å²) < 4.78 is 1.90. The lowest BCUT2D eigenvalue weighted by Gasteiger charge is -2.18. The Bertz CT molecular complexity index is 585. The first-order valence-corrected chi connectivity index (χ1v) is 7.99. The highest BCUT2D eigenvalue weighted by Gasteiger charge is 2.20. The van der Waals surface area contributed by atoms with Crippen molar-refractivity contribution in [1.82, 2.24) is 14.8 Å². The molecule has 0 spiro atoms. The lowest BCUT2D eigenvalue weighted by molar-refractivity contribution is 0.427. The van der Waals surface area contributed by atoms with Gasteiger partial charge in [0.25, 0.3) is 0 Å². The van der Waals surface area contributed by atoms with Crippen molar-refractivity contribution < 1.29 is 0 Å². The van der Waals surface area contributed by atoms with Crippen molar-refractivity contribution in [2.75, 3.05) is 5.32 Å². The third kappa shape index (κ3) is 3.56. The van der Waals surface area contributed by atoms with Crippen molar-refractivity contribution >= 4 is 17.3 Å². The summed E-state index contributed by atoms with van der Waals surface area (Å²) in [6, 6.07) is 7.71. The van der Waals surface area contributed by atoms with E-state index in [9.17, 15) is 0 Å². The van der Waals surface area contributed by atoms with Gasteiger partial charge in [-0.25, -0.2) is 4.98 Å². The molecule has 0 atom stereocenters. The van der Waals surface area contributed by atoms with Crippen molar-refractivity contribution in [3.05, 3.63) is 40.9 Å². The minimum Gasteiger partial charge on any atom is -0.378 e. The summed E-state index contributed by atoms with van der Waals surface area (Å²) in [7, 11) is 1.97. The number of anilines is 1. The first-order valence-electron chi connectivity index (χ1n) is 7.61. The summed E-state index contributed by atoms with van der Waals surface area (Å²) in [4.78, 5) is 4.73. The van der Waals surface area contributed by atoms with Gasteiger partial charge >= 0.3 is 0 Å². The van der Waals surface area contributed by atoms with Gasteiger partial charge in [-0.2, -0.15) is 5.10 Å². The van der Waals surface area contributed by atoms with Crippen LogP contribution in [0.4, 0.5) is 5.69 Å². The molecule has 1 aliphatic carbocycles. The van der Waals surface area contributed by atoms with Crippen LogP contribution >= 0.6 is 11.6 Å². The monoisotopic (exact) mass is 304 g/mol. The molecule has 1 heterocycles. The Morgan fingerprint density at radius 3 is 2.62 bits per heavy atom. The predicted octanol–water partition coefficient (Wildman–Crippen LogP) is 4.13. The molecule has 1 aromatic carbocycles. The van der Waals surface area contributed by atoms with Gasteiger partial charge in [-0.1, -0.05) is 30.9 Å². The molecule has 3 rings (SSSR count). The number of benzene rings is 1. The minimum absolute atomic E-state index is 0.550. The van der Waals surface area contributed by atoms with E-state index >= 15 is 0 Å². The number of aryl methyl sites for hydroxylation is 1. The van der Waals surface area contributed by atoms with Crippen molar-refractivity contribution in [3.8, 4) is 0 Å². The third-order valence-electron chi connectivity index (χ3n) is 4.13. The van der Waals surface area contributed by atoms with Gasteiger partial charge < -0.3 is 5.32 Å². The van der Waals surface area contributed by atoms with Gasteiger partial charge in [-0.15, -0.1) is 0 Å². The van der Waals surface area contributed by atoms with Gasteiger partial charge in [0.1, 0.15) is 5.82 Å². The van der Waals surface area contributed by atoms with Crippen LogP contribution in [0.3, 0.4) is 0 Å². The van der Waals surface area contributed by atoms with Crippen LogP contribution in [-0.4, -0.2) is 14.8 Å². The quantitative estimate of drug-likeness (QED) is 0.923. The highest BCUT2D eigenvalue weighted by atomic mass is 35.5. The maximum atomic E-state index is 5.89. The second-order valence-electron chi connectivity index (χ2n) is 5.71. The molecule has 0 amide bonds. The lowest BCUT2D eigenvalue weighted by atomic mass is 9.89. The first kappa shape index (κ1) is 14.4. The maximum absolute atomic E-state index is 5.89. The van der Waals surface area contributed by atoms with Gasteiger partial charge in [0, 0.05) is 23.7 Å². The second kappa shape index (κ2) is 6.48. The summed E-state index contributed by atoms with van der Waals surface area (Å²) in [5.41, 5.74) is 1.04. The van der Waals surface area contributed by atoms with Crippen LogP contribution in [-0.2, 0) is 13.6 Å². The summed E-state index contributed by atoms with van der Waals surface area (Å²) in [6.45, 7) is 0.678. The number of nitrogens with zero attached hydrogens (tertiary/aromatic N) is 3. The largest absolute Gasteiger partial charge is 0.378 e. The smallest absolute Gasteiger partial charge is 0.154 e. The van der Waals surface area contributed by atoms with Gasteiger partial charge in [0.15, 0.2) is 5.82 Å². The van der Waals surface area contributed by atoms with Gasteiger partial charge in [-0.3, -0.25) is 4.68 Å². The van der Waals surface area contributed by atoms with Crippen LogP contribution in [0.25, 0.3) is 0 Å². The molecule has 4 nitrogen and oxygen atoms in total. The summed E-state index contributed by atoms with van der Waals surface area (Å²) in [5, 5.41) is 8.72. The summed E-state index contributed by atoms with van der Waals surface area (Å²) >= 11 is 5.89. The lowest BCUT2D eigenvalue weighted by Crippen LogP contribution is -2.06. The van der Waals surface area contributed by atoms with Crippen molar-refractivity contribution in [3.63, 3.8) is 0 Å². The van der Waals surface area contributed by atoms with Crippen molar-refractivity contribution in [2.45, 2.75) is 44.6 Å². The normalized spacial score (nSPS) is 16.1. The van der Waals surface area contributed by atoms with Crippen LogP contribution in [0.5, 0.6) is 0 Å². The molecule has 112 valence electrons. The number of aromatic nitrogens is 3. The standard InChI is InChI=1S/C16H21ClN4/c1-21-15(11-18-14-9-7-13(17)8-10-14)19-16(20-21)12-5-3-2-4-6-12/h7-10,12,18H,2-6,11H2,1H3. The Hall–Kier alpha value is -1.55. The molecule has 1 aliphatic rings. The average molecular weight is 305 g/mol. The molecule has 0 radical (unpaired) electrons. The SMILES string of the molecule is Cn1nc(C2CCCCC2)nc1CNc1ccc(Cl)cc1. The Kier molecular flexibility index (Phi) is 4.44. The molecule has 2 aromatic rings.